The first-order valence-corrected chi connectivity index (χ1v) is 6.45. The van der Waals surface area contributed by atoms with Crippen LogP contribution in [0.3, 0.4) is 0 Å². The molecule has 0 aliphatic heterocycles. The Kier molecular flexibility index (Phi) is 8.97. The summed E-state index contributed by atoms with van der Waals surface area (Å²) in [4.78, 5) is 11.6. The van der Waals surface area contributed by atoms with Gasteiger partial charge in [0.15, 0.2) is 0 Å². The molecule has 0 rings (SSSR count). The van der Waals surface area contributed by atoms with Crippen LogP contribution in [0.25, 0.3) is 0 Å². The third-order valence-corrected chi connectivity index (χ3v) is 2.42. The molecule has 0 aliphatic rings. The summed E-state index contributed by atoms with van der Waals surface area (Å²) in [5.74, 6) is 0.208. The molecule has 0 saturated heterocycles. The first-order valence-electron chi connectivity index (χ1n) is 6.45. The first-order chi connectivity index (χ1) is 8.46. The summed E-state index contributed by atoms with van der Waals surface area (Å²) in [5, 5.41) is 3.08. The summed E-state index contributed by atoms with van der Waals surface area (Å²) in [5.41, 5.74) is -0.790. The minimum atomic E-state index is -0.790. The van der Waals surface area contributed by atoms with E-state index in [2.05, 4.69) is 19.2 Å². The summed E-state index contributed by atoms with van der Waals surface area (Å²) in [6.07, 6.45) is 0. The quantitative estimate of drug-likeness (QED) is 0.473. The highest BCUT2D eigenvalue weighted by molar-refractivity contribution is 5.80. The van der Waals surface area contributed by atoms with Crippen molar-refractivity contribution in [1.82, 2.24) is 5.32 Å². The van der Waals surface area contributed by atoms with E-state index in [1.54, 1.807) is 6.92 Å². The summed E-state index contributed by atoms with van der Waals surface area (Å²) in [6, 6.07) is 0. The third kappa shape index (κ3) is 6.93. The second-order valence-corrected chi connectivity index (χ2v) is 4.88. The molecule has 0 aromatic heterocycles. The van der Waals surface area contributed by atoms with Crippen LogP contribution in [0.5, 0.6) is 0 Å². The van der Waals surface area contributed by atoms with Crippen molar-refractivity contribution in [3.05, 3.63) is 0 Å². The number of hydrogen-bond donors (Lipinski definition) is 1. The van der Waals surface area contributed by atoms with E-state index in [0.29, 0.717) is 25.7 Å². The zero-order valence-electron chi connectivity index (χ0n) is 12.2. The van der Waals surface area contributed by atoms with Gasteiger partial charge in [-0.25, -0.2) is 4.79 Å². The van der Waals surface area contributed by atoms with Crippen LogP contribution >= 0.6 is 0 Å². The summed E-state index contributed by atoms with van der Waals surface area (Å²) < 4.78 is 15.6. The SMILES string of the molecule is CCNC(C)(COCCOCC(C)C)C(=O)OC. The van der Waals surface area contributed by atoms with Gasteiger partial charge in [0.1, 0.15) is 5.54 Å². The largest absolute Gasteiger partial charge is 0.468 e. The third-order valence-electron chi connectivity index (χ3n) is 2.42. The van der Waals surface area contributed by atoms with Crippen molar-refractivity contribution >= 4 is 5.97 Å². The van der Waals surface area contributed by atoms with Gasteiger partial charge in [0.2, 0.25) is 0 Å². The highest BCUT2D eigenvalue weighted by Gasteiger charge is 2.33. The molecule has 0 aromatic carbocycles. The molecule has 0 radical (unpaired) electrons. The molecular formula is C13H27NO4. The fourth-order valence-electron chi connectivity index (χ4n) is 1.51. The van der Waals surface area contributed by atoms with Gasteiger partial charge in [0.25, 0.3) is 0 Å². The standard InChI is InChI=1S/C13H27NO4/c1-6-14-13(4,12(15)16-5)10-18-8-7-17-9-11(2)3/h11,14H,6-10H2,1-5H3. The molecule has 1 unspecified atom stereocenters. The Bertz CT molecular complexity index is 233. The molecule has 0 aliphatic carbocycles. The molecule has 0 fully saturated rings. The second kappa shape index (κ2) is 9.30. The van der Waals surface area contributed by atoms with Crippen molar-refractivity contribution in [1.29, 1.82) is 0 Å². The summed E-state index contributed by atoms with van der Waals surface area (Å²) >= 11 is 0. The van der Waals surface area contributed by atoms with Crippen LogP contribution < -0.4 is 5.32 Å². The topological polar surface area (TPSA) is 56.8 Å². The van der Waals surface area contributed by atoms with Gasteiger partial charge in [0, 0.05) is 6.61 Å². The monoisotopic (exact) mass is 261 g/mol. The molecule has 18 heavy (non-hydrogen) atoms. The number of carbonyl (C=O) groups excluding carboxylic acids is 1. The Labute approximate surface area is 110 Å². The lowest BCUT2D eigenvalue weighted by molar-refractivity contribution is -0.150. The molecule has 0 bridgehead atoms. The van der Waals surface area contributed by atoms with E-state index >= 15 is 0 Å². The molecule has 108 valence electrons. The van der Waals surface area contributed by atoms with Crippen LogP contribution in [0.15, 0.2) is 0 Å². The number of esters is 1. The van der Waals surface area contributed by atoms with Crippen LogP contribution in [-0.4, -0.2) is 51.6 Å². The van der Waals surface area contributed by atoms with Crippen LogP contribution in [0, 0.1) is 5.92 Å². The zero-order chi connectivity index (χ0) is 14.0. The normalized spacial score (nSPS) is 14.6. The lowest BCUT2D eigenvalue weighted by Gasteiger charge is -2.27. The van der Waals surface area contributed by atoms with Gasteiger partial charge in [0.05, 0.1) is 26.9 Å². The first kappa shape index (κ1) is 17.4. The van der Waals surface area contributed by atoms with Gasteiger partial charge >= 0.3 is 5.97 Å². The zero-order valence-corrected chi connectivity index (χ0v) is 12.2. The summed E-state index contributed by atoms with van der Waals surface area (Å²) in [7, 11) is 1.38. The van der Waals surface area contributed by atoms with E-state index in [9.17, 15) is 4.79 Å². The number of carbonyl (C=O) groups is 1. The Morgan fingerprint density at radius 2 is 1.89 bits per heavy atom. The lowest BCUT2D eigenvalue weighted by atomic mass is 10.0. The van der Waals surface area contributed by atoms with Gasteiger partial charge in [-0.15, -0.1) is 0 Å². The molecule has 1 N–H and O–H groups in total. The van der Waals surface area contributed by atoms with E-state index < -0.39 is 5.54 Å². The van der Waals surface area contributed by atoms with E-state index in [0.717, 1.165) is 6.61 Å². The fourth-order valence-corrected chi connectivity index (χ4v) is 1.51. The number of ether oxygens (including phenoxy) is 3. The van der Waals surface area contributed by atoms with Crippen LogP contribution in [0.2, 0.25) is 0 Å². The predicted octanol–water partition coefficient (Wildman–Crippen LogP) is 1.22. The van der Waals surface area contributed by atoms with E-state index in [1.165, 1.54) is 7.11 Å². The lowest BCUT2D eigenvalue weighted by Crippen LogP contribution is -2.53. The van der Waals surface area contributed by atoms with Crippen molar-refractivity contribution < 1.29 is 19.0 Å². The number of likely N-dealkylation sites (N-methyl/N-ethyl adjacent to an activating group) is 1. The Hall–Kier alpha value is -0.650. The smallest absolute Gasteiger partial charge is 0.328 e. The minimum absolute atomic E-state index is 0.276. The van der Waals surface area contributed by atoms with Gasteiger partial charge in [-0.05, 0) is 19.4 Å². The number of nitrogens with one attached hydrogen (secondary N) is 1. The Morgan fingerprint density at radius 1 is 1.28 bits per heavy atom. The van der Waals surface area contributed by atoms with Crippen molar-refractivity contribution in [2.75, 3.05) is 40.1 Å². The minimum Gasteiger partial charge on any atom is -0.468 e. The van der Waals surface area contributed by atoms with E-state index in [1.807, 2.05) is 6.92 Å². The number of rotatable bonds is 10. The maximum absolute atomic E-state index is 11.6. The molecular weight excluding hydrogens is 234 g/mol. The predicted molar refractivity (Wildman–Crippen MR) is 70.6 cm³/mol. The van der Waals surface area contributed by atoms with Gasteiger partial charge < -0.3 is 19.5 Å². The molecule has 5 nitrogen and oxygen atoms in total. The summed E-state index contributed by atoms with van der Waals surface area (Å²) in [6.45, 7) is 10.6. The molecule has 5 heteroatoms. The Balaban J connectivity index is 3.87. The molecule has 1 atom stereocenters. The highest BCUT2D eigenvalue weighted by Crippen LogP contribution is 2.07. The van der Waals surface area contributed by atoms with E-state index in [4.69, 9.17) is 14.2 Å². The average Bonchev–Trinajstić information content (AvgIpc) is 2.32. The van der Waals surface area contributed by atoms with Gasteiger partial charge in [-0.1, -0.05) is 20.8 Å². The van der Waals surface area contributed by atoms with Crippen molar-refractivity contribution in [3.8, 4) is 0 Å². The second-order valence-electron chi connectivity index (χ2n) is 4.88. The van der Waals surface area contributed by atoms with Crippen molar-refractivity contribution in [3.63, 3.8) is 0 Å². The van der Waals surface area contributed by atoms with Crippen molar-refractivity contribution in [2.45, 2.75) is 33.2 Å². The molecule has 0 amide bonds. The molecule has 0 heterocycles. The van der Waals surface area contributed by atoms with Gasteiger partial charge in [-0.2, -0.15) is 0 Å². The maximum Gasteiger partial charge on any atom is 0.328 e. The highest BCUT2D eigenvalue weighted by atomic mass is 16.5. The van der Waals surface area contributed by atoms with Crippen molar-refractivity contribution in [2.24, 2.45) is 5.92 Å². The molecule has 0 saturated carbocycles. The van der Waals surface area contributed by atoms with Crippen LogP contribution in [0.1, 0.15) is 27.7 Å². The van der Waals surface area contributed by atoms with E-state index in [-0.39, 0.29) is 12.6 Å². The Morgan fingerprint density at radius 3 is 2.39 bits per heavy atom. The van der Waals surface area contributed by atoms with Crippen LogP contribution in [0.4, 0.5) is 0 Å². The number of hydrogen-bond acceptors (Lipinski definition) is 5. The maximum atomic E-state index is 11.6. The fraction of sp³-hybridized carbons (Fsp3) is 0.923. The number of methoxy groups -OCH3 is 1. The molecule has 0 spiro atoms. The molecule has 0 aromatic rings. The average molecular weight is 261 g/mol. The van der Waals surface area contributed by atoms with Crippen LogP contribution in [-0.2, 0) is 19.0 Å². The van der Waals surface area contributed by atoms with Gasteiger partial charge in [-0.3, -0.25) is 0 Å².